The second-order valence-corrected chi connectivity index (χ2v) is 7.77. The number of rotatable bonds is 6. The van der Waals surface area contributed by atoms with Gasteiger partial charge in [-0.15, -0.1) is 0 Å². The van der Waals surface area contributed by atoms with Crippen LogP contribution in [0.4, 0.5) is 11.5 Å². The van der Waals surface area contributed by atoms with E-state index in [2.05, 4.69) is 33.9 Å². The third-order valence-electron chi connectivity index (χ3n) is 5.30. The van der Waals surface area contributed by atoms with Crippen LogP contribution in [0.5, 0.6) is 5.75 Å². The zero-order valence-corrected chi connectivity index (χ0v) is 18.0. The number of hydrogen-bond donors (Lipinski definition) is 1. The van der Waals surface area contributed by atoms with Crippen LogP contribution in [0.1, 0.15) is 38.2 Å². The summed E-state index contributed by atoms with van der Waals surface area (Å²) >= 11 is 0. The van der Waals surface area contributed by atoms with Gasteiger partial charge in [-0.1, -0.05) is 26.0 Å². The molecule has 1 N–H and O–H groups in total. The largest absolute Gasteiger partial charge is 0.495 e. The standard InChI is InChI=1S/C22H31N5O2/c1-15(2)21-23-16(3)14-20(25-21)27-12-10-26(11-13-27)17(4)22(28)24-18-8-6-7-9-19(18)29-5/h6-9,14-15,17H,10-13H2,1-5H3,(H,24,28)/t17-/m0/s1. The third-order valence-corrected chi connectivity index (χ3v) is 5.30. The molecule has 1 fully saturated rings. The highest BCUT2D eigenvalue weighted by atomic mass is 16.5. The monoisotopic (exact) mass is 397 g/mol. The van der Waals surface area contributed by atoms with Gasteiger partial charge in [-0.25, -0.2) is 9.97 Å². The molecule has 0 aliphatic carbocycles. The van der Waals surface area contributed by atoms with E-state index in [9.17, 15) is 4.79 Å². The van der Waals surface area contributed by atoms with Crippen molar-refractivity contribution in [2.24, 2.45) is 0 Å². The predicted octanol–water partition coefficient (Wildman–Crippen LogP) is 3.07. The summed E-state index contributed by atoms with van der Waals surface area (Å²) < 4.78 is 5.32. The van der Waals surface area contributed by atoms with E-state index in [1.807, 2.05) is 44.2 Å². The smallest absolute Gasteiger partial charge is 0.241 e. The van der Waals surface area contributed by atoms with Crippen LogP contribution in [-0.2, 0) is 4.79 Å². The highest BCUT2D eigenvalue weighted by molar-refractivity contribution is 5.95. The van der Waals surface area contributed by atoms with Gasteiger partial charge >= 0.3 is 0 Å². The number of nitrogens with zero attached hydrogens (tertiary/aromatic N) is 4. The van der Waals surface area contributed by atoms with Gasteiger partial charge in [0.2, 0.25) is 5.91 Å². The number of aryl methyl sites for hydroxylation is 1. The number of methoxy groups -OCH3 is 1. The van der Waals surface area contributed by atoms with Crippen LogP contribution in [0.2, 0.25) is 0 Å². The van der Waals surface area contributed by atoms with Gasteiger partial charge in [-0.3, -0.25) is 9.69 Å². The molecule has 1 saturated heterocycles. The summed E-state index contributed by atoms with van der Waals surface area (Å²) in [5.74, 6) is 2.80. The van der Waals surface area contributed by atoms with Gasteiger partial charge in [0.15, 0.2) is 0 Å². The topological polar surface area (TPSA) is 70.6 Å². The summed E-state index contributed by atoms with van der Waals surface area (Å²) in [5, 5.41) is 2.99. The average Bonchev–Trinajstić information content (AvgIpc) is 2.73. The van der Waals surface area contributed by atoms with E-state index >= 15 is 0 Å². The molecule has 29 heavy (non-hydrogen) atoms. The van der Waals surface area contributed by atoms with Gasteiger partial charge in [0.1, 0.15) is 17.4 Å². The van der Waals surface area contributed by atoms with Gasteiger partial charge in [0, 0.05) is 43.9 Å². The van der Waals surface area contributed by atoms with Gasteiger partial charge < -0.3 is 15.0 Å². The van der Waals surface area contributed by atoms with Crippen LogP contribution < -0.4 is 15.0 Å². The number of amides is 1. The van der Waals surface area contributed by atoms with E-state index in [0.717, 1.165) is 43.5 Å². The SMILES string of the molecule is COc1ccccc1NC(=O)[C@H](C)N1CCN(c2cc(C)nc(C(C)C)n2)CC1. The Kier molecular flexibility index (Phi) is 6.69. The molecule has 1 atom stereocenters. The van der Waals surface area contributed by atoms with Gasteiger partial charge in [-0.2, -0.15) is 0 Å². The van der Waals surface area contributed by atoms with Crippen LogP contribution >= 0.6 is 0 Å². The number of ether oxygens (including phenoxy) is 1. The van der Waals surface area contributed by atoms with Crippen LogP contribution in [-0.4, -0.2) is 60.1 Å². The molecular formula is C22H31N5O2. The minimum Gasteiger partial charge on any atom is -0.495 e. The van der Waals surface area contributed by atoms with Crippen molar-refractivity contribution in [3.8, 4) is 5.75 Å². The molecule has 2 aromatic rings. The number of hydrogen-bond acceptors (Lipinski definition) is 6. The maximum Gasteiger partial charge on any atom is 0.241 e. The fourth-order valence-corrected chi connectivity index (χ4v) is 3.48. The molecule has 7 nitrogen and oxygen atoms in total. The Balaban J connectivity index is 1.61. The highest BCUT2D eigenvalue weighted by Gasteiger charge is 2.27. The molecule has 1 amide bonds. The van der Waals surface area contributed by atoms with Crippen LogP contribution in [0.15, 0.2) is 30.3 Å². The summed E-state index contributed by atoms with van der Waals surface area (Å²) in [6, 6.07) is 9.28. The number of para-hydroxylation sites is 2. The van der Waals surface area contributed by atoms with E-state index in [0.29, 0.717) is 17.4 Å². The summed E-state index contributed by atoms with van der Waals surface area (Å²) in [6.07, 6.45) is 0. The second kappa shape index (κ2) is 9.22. The van der Waals surface area contributed by atoms with Crippen molar-refractivity contribution in [3.63, 3.8) is 0 Å². The Morgan fingerprint density at radius 3 is 2.45 bits per heavy atom. The second-order valence-electron chi connectivity index (χ2n) is 7.77. The first-order valence-corrected chi connectivity index (χ1v) is 10.2. The lowest BCUT2D eigenvalue weighted by molar-refractivity contribution is -0.120. The fraction of sp³-hybridized carbons (Fsp3) is 0.500. The first-order valence-electron chi connectivity index (χ1n) is 10.2. The Morgan fingerprint density at radius 1 is 1.10 bits per heavy atom. The quantitative estimate of drug-likeness (QED) is 0.808. The van der Waals surface area contributed by atoms with E-state index in [-0.39, 0.29) is 11.9 Å². The highest BCUT2D eigenvalue weighted by Crippen LogP contribution is 2.24. The summed E-state index contributed by atoms with van der Waals surface area (Å²) in [7, 11) is 1.60. The van der Waals surface area contributed by atoms with Crippen molar-refractivity contribution >= 4 is 17.4 Å². The number of aromatic nitrogens is 2. The van der Waals surface area contributed by atoms with Gasteiger partial charge in [0.25, 0.3) is 0 Å². The molecule has 1 aliphatic heterocycles. The Morgan fingerprint density at radius 2 is 1.79 bits per heavy atom. The van der Waals surface area contributed by atoms with Crippen LogP contribution in [0, 0.1) is 6.92 Å². The first kappa shape index (κ1) is 21.0. The van der Waals surface area contributed by atoms with Crippen molar-refractivity contribution < 1.29 is 9.53 Å². The maximum atomic E-state index is 12.8. The number of carbonyl (C=O) groups excluding carboxylic acids is 1. The normalized spacial score (nSPS) is 16.0. The summed E-state index contributed by atoms with van der Waals surface area (Å²) in [5.41, 5.74) is 1.69. The minimum atomic E-state index is -0.222. The van der Waals surface area contributed by atoms with E-state index < -0.39 is 0 Å². The van der Waals surface area contributed by atoms with Crippen LogP contribution in [0.3, 0.4) is 0 Å². The Labute approximate surface area is 173 Å². The zero-order chi connectivity index (χ0) is 21.0. The van der Waals surface area contributed by atoms with Crippen molar-refractivity contribution in [1.82, 2.24) is 14.9 Å². The van der Waals surface area contributed by atoms with Crippen molar-refractivity contribution in [2.75, 3.05) is 43.5 Å². The number of nitrogens with one attached hydrogen (secondary N) is 1. The molecule has 0 unspecified atom stereocenters. The number of anilines is 2. The molecule has 0 saturated carbocycles. The van der Waals surface area contributed by atoms with Crippen molar-refractivity contribution in [1.29, 1.82) is 0 Å². The number of benzene rings is 1. The molecule has 156 valence electrons. The molecule has 0 radical (unpaired) electrons. The molecule has 7 heteroatoms. The Bertz CT molecular complexity index is 847. The number of carbonyl (C=O) groups is 1. The lowest BCUT2D eigenvalue weighted by Crippen LogP contribution is -2.53. The van der Waals surface area contributed by atoms with Crippen LogP contribution in [0.25, 0.3) is 0 Å². The first-order chi connectivity index (χ1) is 13.9. The van der Waals surface area contributed by atoms with Gasteiger partial charge in [0.05, 0.1) is 18.8 Å². The molecular weight excluding hydrogens is 366 g/mol. The molecule has 1 aromatic carbocycles. The minimum absolute atomic E-state index is 0.0251. The maximum absolute atomic E-state index is 12.8. The fourth-order valence-electron chi connectivity index (χ4n) is 3.48. The Hall–Kier alpha value is -2.67. The molecule has 3 rings (SSSR count). The third kappa shape index (κ3) is 5.03. The van der Waals surface area contributed by atoms with Crippen molar-refractivity contribution in [3.05, 3.63) is 41.9 Å². The van der Waals surface area contributed by atoms with E-state index in [1.165, 1.54) is 0 Å². The lowest BCUT2D eigenvalue weighted by atomic mass is 10.2. The molecule has 0 bridgehead atoms. The molecule has 2 heterocycles. The number of piperazine rings is 1. The average molecular weight is 398 g/mol. The molecule has 0 spiro atoms. The molecule has 1 aromatic heterocycles. The summed E-state index contributed by atoms with van der Waals surface area (Å²) in [6.45, 7) is 11.5. The summed E-state index contributed by atoms with van der Waals surface area (Å²) in [4.78, 5) is 26.5. The van der Waals surface area contributed by atoms with Gasteiger partial charge in [-0.05, 0) is 26.0 Å². The predicted molar refractivity (Wildman–Crippen MR) is 116 cm³/mol. The lowest BCUT2D eigenvalue weighted by Gasteiger charge is -2.38. The van der Waals surface area contributed by atoms with E-state index in [1.54, 1.807) is 7.11 Å². The zero-order valence-electron chi connectivity index (χ0n) is 18.0. The van der Waals surface area contributed by atoms with Crippen molar-refractivity contribution in [2.45, 2.75) is 39.7 Å². The van der Waals surface area contributed by atoms with E-state index in [4.69, 9.17) is 9.72 Å². The molecule has 1 aliphatic rings.